The van der Waals surface area contributed by atoms with Crippen molar-refractivity contribution in [1.29, 1.82) is 0 Å². The van der Waals surface area contributed by atoms with Crippen molar-refractivity contribution < 1.29 is 23.5 Å². The minimum absolute atomic E-state index is 0.0560. The second kappa shape index (κ2) is 7.90. The Morgan fingerprint density at radius 2 is 2.10 bits per heavy atom. The Kier molecular flexibility index (Phi) is 5.41. The summed E-state index contributed by atoms with van der Waals surface area (Å²) in [6.07, 6.45) is 1.92. The molecule has 3 heterocycles. The highest BCUT2D eigenvalue weighted by Crippen LogP contribution is 2.43. The fraction of sp³-hybridized carbons (Fsp3) is 0.522. The summed E-state index contributed by atoms with van der Waals surface area (Å²) in [5.74, 6) is 0.935. The normalized spacial score (nSPS) is 17.7. The number of rotatable bonds is 4. The van der Waals surface area contributed by atoms with Crippen LogP contribution in [-0.2, 0) is 22.4 Å². The van der Waals surface area contributed by atoms with Crippen LogP contribution in [0, 0.1) is 6.92 Å². The summed E-state index contributed by atoms with van der Waals surface area (Å²) < 4.78 is 17.5. The largest absolute Gasteiger partial charge is 0.496 e. The molecule has 8 nitrogen and oxygen atoms in total. The first-order valence-electron chi connectivity index (χ1n) is 10.6. The molecule has 1 saturated heterocycles. The molecule has 0 saturated carbocycles. The fourth-order valence-corrected chi connectivity index (χ4v) is 4.37. The summed E-state index contributed by atoms with van der Waals surface area (Å²) >= 11 is 0. The van der Waals surface area contributed by atoms with Gasteiger partial charge in [-0.3, -0.25) is 9.59 Å². The van der Waals surface area contributed by atoms with Gasteiger partial charge in [-0.15, -0.1) is 0 Å². The maximum atomic E-state index is 12.9. The molecule has 1 aromatic carbocycles. The topological polar surface area (TPSA) is 98.1 Å². The predicted octanol–water partition coefficient (Wildman–Crippen LogP) is 2.10. The van der Waals surface area contributed by atoms with Crippen LogP contribution in [-0.4, -0.2) is 49.1 Å². The standard InChI is InChI=1S/C23H28N2O6/c1-13-14(5-6-19(27)25-10-9-24-18(26)12-25)22(28)30-21-15-7-8-23(2,3)31-16(15)11-17(29-4)20(13)21/h11H,5-10,12H2,1-4H3,(H,24,26). The number of ether oxygens (including phenoxy) is 2. The Hall–Kier alpha value is -3.03. The van der Waals surface area contributed by atoms with Crippen molar-refractivity contribution in [3.8, 4) is 11.5 Å². The van der Waals surface area contributed by atoms with Gasteiger partial charge in [-0.2, -0.15) is 0 Å². The number of methoxy groups -OCH3 is 1. The van der Waals surface area contributed by atoms with Crippen molar-refractivity contribution >= 4 is 22.8 Å². The average Bonchev–Trinajstić information content (AvgIpc) is 2.71. The molecule has 1 N–H and O–H groups in total. The highest BCUT2D eigenvalue weighted by Gasteiger charge is 2.31. The summed E-state index contributed by atoms with van der Waals surface area (Å²) in [4.78, 5) is 38.5. The van der Waals surface area contributed by atoms with Gasteiger partial charge in [0.25, 0.3) is 0 Å². The molecule has 1 aromatic heterocycles. The maximum absolute atomic E-state index is 12.9. The van der Waals surface area contributed by atoms with E-state index in [4.69, 9.17) is 13.9 Å². The SMILES string of the molecule is COc1cc2c(c3oc(=O)c(CCC(=O)N4CCNC(=O)C4)c(C)c13)CCC(C)(C)O2. The third-order valence-corrected chi connectivity index (χ3v) is 6.14. The molecule has 0 spiro atoms. The number of fused-ring (bicyclic) bond motifs is 3. The van der Waals surface area contributed by atoms with E-state index in [1.54, 1.807) is 7.11 Å². The minimum atomic E-state index is -0.450. The molecule has 31 heavy (non-hydrogen) atoms. The van der Waals surface area contributed by atoms with Gasteiger partial charge in [0.15, 0.2) is 0 Å². The van der Waals surface area contributed by atoms with E-state index in [1.807, 2.05) is 26.8 Å². The minimum Gasteiger partial charge on any atom is -0.496 e. The van der Waals surface area contributed by atoms with Gasteiger partial charge in [0, 0.05) is 36.7 Å². The van der Waals surface area contributed by atoms with Crippen LogP contribution in [0.2, 0.25) is 0 Å². The Bertz CT molecular complexity index is 1120. The highest BCUT2D eigenvalue weighted by atomic mass is 16.5. The summed E-state index contributed by atoms with van der Waals surface area (Å²) in [5, 5.41) is 3.44. The van der Waals surface area contributed by atoms with Gasteiger partial charge in [-0.1, -0.05) is 0 Å². The lowest BCUT2D eigenvalue weighted by Crippen LogP contribution is -2.50. The lowest BCUT2D eigenvalue weighted by molar-refractivity contribution is -0.138. The molecule has 0 aliphatic carbocycles. The number of benzene rings is 1. The number of piperazine rings is 1. The van der Waals surface area contributed by atoms with Crippen molar-refractivity contribution in [3.63, 3.8) is 0 Å². The van der Waals surface area contributed by atoms with E-state index in [0.717, 1.165) is 29.4 Å². The summed E-state index contributed by atoms with van der Waals surface area (Å²) in [5.41, 5.74) is 1.83. The van der Waals surface area contributed by atoms with E-state index in [9.17, 15) is 14.4 Å². The van der Waals surface area contributed by atoms with Crippen LogP contribution in [0.25, 0.3) is 11.0 Å². The molecule has 4 rings (SSSR count). The molecule has 2 aliphatic rings. The molecule has 0 atom stereocenters. The number of hydrogen-bond acceptors (Lipinski definition) is 6. The van der Waals surface area contributed by atoms with E-state index in [1.165, 1.54) is 4.90 Å². The van der Waals surface area contributed by atoms with E-state index in [-0.39, 0.29) is 36.8 Å². The number of carbonyl (C=O) groups excluding carboxylic acids is 2. The lowest BCUT2D eigenvalue weighted by Gasteiger charge is -2.33. The Balaban J connectivity index is 1.69. The molecule has 0 bridgehead atoms. The number of nitrogens with one attached hydrogen (secondary N) is 1. The molecule has 2 amide bonds. The van der Waals surface area contributed by atoms with Gasteiger partial charge in [-0.05, 0) is 45.6 Å². The quantitative estimate of drug-likeness (QED) is 0.749. The van der Waals surface area contributed by atoms with Gasteiger partial charge in [0.1, 0.15) is 22.7 Å². The zero-order valence-corrected chi connectivity index (χ0v) is 18.4. The van der Waals surface area contributed by atoms with Crippen LogP contribution in [0.5, 0.6) is 11.5 Å². The zero-order chi connectivity index (χ0) is 22.3. The van der Waals surface area contributed by atoms with Crippen molar-refractivity contribution in [2.45, 2.75) is 52.1 Å². The number of carbonyl (C=O) groups is 2. The van der Waals surface area contributed by atoms with E-state index in [2.05, 4.69) is 5.32 Å². The summed E-state index contributed by atoms with van der Waals surface area (Å²) in [6, 6.07) is 1.85. The van der Waals surface area contributed by atoms with Crippen molar-refractivity contribution in [2.24, 2.45) is 0 Å². The third-order valence-electron chi connectivity index (χ3n) is 6.14. The van der Waals surface area contributed by atoms with E-state index in [0.29, 0.717) is 35.7 Å². The molecule has 0 radical (unpaired) electrons. The Morgan fingerprint density at radius 1 is 1.32 bits per heavy atom. The summed E-state index contributed by atoms with van der Waals surface area (Å²) in [7, 11) is 1.57. The molecule has 2 aliphatic heterocycles. The van der Waals surface area contributed by atoms with Gasteiger partial charge >= 0.3 is 5.63 Å². The number of nitrogens with zero attached hydrogens (tertiary/aromatic N) is 1. The van der Waals surface area contributed by atoms with Crippen molar-refractivity contribution in [3.05, 3.63) is 33.2 Å². The van der Waals surface area contributed by atoms with E-state index < -0.39 is 5.63 Å². The smallest absolute Gasteiger partial charge is 0.339 e. The molecule has 0 unspecified atom stereocenters. The fourth-order valence-electron chi connectivity index (χ4n) is 4.37. The van der Waals surface area contributed by atoms with Gasteiger partial charge in [0.2, 0.25) is 11.8 Å². The van der Waals surface area contributed by atoms with Crippen LogP contribution in [0.3, 0.4) is 0 Å². The van der Waals surface area contributed by atoms with Gasteiger partial charge in [0.05, 0.1) is 19.0 Å². The Labute approximate surface area is 180 Å². The second-order valence-electron chi connectivity index (χ2n) is 8.78. The Morgan fingerprint density at radius 3 is 2.81 bits per heavy atom. The lowest BCUT2D eigenvalue weighted by atomic mass is 9.91. The number of hydrogen-bond donors (Lipinski definition) is 1. The van der Waals surface area contributed by atoms with Gasteiger partial charge in [-0.25, -0.2) is 4.79 Å². The second-order valence-corrected chi connectivity index (χ2v) is 8.78. The van der Waals surface area contributed by atoms with E-state index >= 15 is 0 Å². The van der Waals surface area contributed by atoms with Crippen LogP contribution in [0.1, 0.15) is 43.4 Å². The molecular formula is C23H28N2O6. The third kappa shape index (κ3) is 3.98. The van der Waals surface area contributed by atoms with Crippen molar-refractivity contribution in [2.75, 3.05) is 26.7 Å². The van der Waals surface area contributed by atoms with Crippen LogP contribution >= 0.6 is 0 Å². The molecule has 166 valence electrons. The zero-order valence-electron chi connectivity index (χ0n) is 18.4. The molecule has 8 heteroatoms. The van der Waals surface area contributed by atoms with Gasteiger partial charge < -0.3 is 24.1 Å². The van der Waals surface area contributed by atoms with Crippen LogP contribution in [0.15, 0.2) is 15.3 Å². The van der Waals surface area contributed by atoms with Crippen molar-refractivity contribution in [1.82, 2.24) is 10.2 Å². The predicted molar refractivity (Wildman–Crippen MR) is 115 cm³/mol. The monoisotopic (exact) mass is 428 g/mol. The average molecular weight is 428 g/mol. The first-order chi connectivity index (χ1) is 14.7. The molecule has 2 aromatic rings. The molecule has 1 fully saturated rings. The number of aryl methyl sites for hydroxylation is 2. The number of amides is 2. The highest BCUT2D eigenvalue weighted by molar-refractivity contribution is 5.92. The summed E-state index contributed by atoms with van der Waals surface area (Å²) in [6.45, 7) is 6.89. The van der Waals surface area contributed by atoms with Crippen LogP contribution < -0.4 is 20.4 Å². The maximum Gasteiger partial charge on any atom is 0.339 e. The van der Waals surface area contributed by atoms with Crippen LogP contribution in [0.4, 0.5) is 0 Å². The first kappa shape index (κ1) is 21.2. The molecular weight excluding hydrogens is 400 g/mol. The first-order valence-corrected chi connectivity index (χ1v) is 10.6.